The molecule has 0 fully saturated rings. The maximum absolute atomic E-state index is 5.30. The Balaban J connectivity index is 3.32. The van der Waals surface area contributed by atoms with Gasteiger partial charge in [-0.1, -0.05) is 19.1 Å². The van der Waals surface area contributed by atoms with Crippen molar-refractivity contribution in [2.75, 3.05) is 14.2 Å². The van der Waals surface area contributed by atoms with Crippen LogP contribution in [0, 0.1) is 0 Å². The zero-order valence-corrected chi connectivity index (χ0v) is 10.9. The summed E-state index contributed by atoms with van der Waals surface area (Å²) in [7, 11) is 3.25. The van der Waals surface area contributed by atoms with Gasteiger partial charge in [0, 0.05) is 17.8 Å². The van der Waals surface area contributed by atoms with Crippen LogP contribution in [-0.2, 0) is 9.47 Å². The second-order valence-corrected chi connectivity index (χ2v) is 3.67. The third kappa shape index (κ3) is 2.87. The maximum atomic E-state index is 5.30. The standard InChI is InChI=1S/C14H19NO2/c1-6-10(3)11-8-13(16-4)14(17-5)9-12(11)15-7-2/h7-9H,2,6H2,1,3-5H3/b11-10+,15-12?. The Kier molecular flexibility index (Phi) is 4.76. The van der Waals surface area contributed by atoms with Crippen molar-refractivity contribution in [3.63, 3.8) is 0 Å². The van der Waals surface area contributed by atoms with Gasteiger partial charge in [0.2, 0.25) is 0 Å². The topological polar surface area (TPSA) is 30.8 Å². The van der Waals surface area contributed by atoms with Crippen LogP contribution in [0.4, 0.5) is 0 Å². The lowest BCUT2D eigenvalue weighted by atomic mass is 9.97. The highest BCUT2D eigenvalue weighted by Gasteiger charge is 2.18. The molecule has 0 saturated heterocycles. The molecule has 0 spiro atoms. The Morgan fingerprint density at radius 1 is 1.29 bits per heavy atom. The van der Waals surface area contributed by atoms with Crippen LogP contribution < -0.4 is 0 Å². The smallest absolute Gasteiger partial charge is 0.162 e. The van der Waals surface area contributed by atoms with Gasteiger partial charge in [-0.25, -0.2) is 0 Å². The van der Waals surface area contributed by atoms with Crippen LogP contribution in [0.5, 0.6) is 0 Å². The molecule has 0 heterocycles. The number of rotatable bonds is 4. The monoisotopic (exact) mass is 233 g/mol. The number of nitrogens with zero attached hydrogens (tertiary/aromatic N) is 1. The minimum Gasteiger partial charge on any atom is -0.493 e. The van der Waals surface area contributed by atoms with Gasteiger partial charge < -0.3 is 9.47 Å². The van der Waals surface area contributed by atoms with E-state index in [0.29, 0.717) is 5.76 Å². The van der Waals surface area contributed by atoms with E-state index in [0.717, 1.165) is 23.5 Å². The maximum Gasteiger partial charge on any atom is 0.162 e. The van der Waals surface area contributed by atoms with Crippen LogP contribution >= 0.6 is 0 Å². The van der Waals surface area contributed by atoms with Gasteiger partial charge in [-0.05, 0) is 19.4 Å². The van der Waals surface area contributed by atoms with Crippen molar-refractivity contribution in [3.8, 4) is 0 Å². The van der Waals surface area contributed by atoms with Crippen molar-refractivity contribution in [1.29, 1.82) is 0 Å². The fourth-order valence-corrected chi connectivity index (χ4v) is 1.61. The largest absolute Gasteiger partial charge is 0.493 e. The molecule has 3 nitrogen and oxygen atoms in total. The van der Waals surface area contributed by atoms with E-state index in [1.807, 2.05) is 12.2 Å². The minimum atomic E-state index is 0.681. The zero-order chi connectivity index (χ0) is 12.8. The Morgan fingerprint density at radius 3 is 2.35 bits per heavy atom. The normalized spacial score (nSPS) is 20.6. The first-order valence-electron chi connectivity index (χ1n) is 5.58. The Morgan fingerprint density at radius 2 is 1.88 bits per heavy atom. The Labute approximate surface area is 103 Å². The molecule has 0 amide bonds. The lowest BCUT2D eigenvalue weighted by Crippen LogP contribution is -2.11. The van der Waals surface area contributed by atoms with Crippen molar-refractivity contribution in [3.05, 3.63) is 47.6 Å². The molecule has 1 aliphatic carbocycles. The van der Waals surface area contributed by atoms with Crippen molar-refractivity contribution in [2.24, 2.45) is 4.99 Å². The van der Waals surface area contributed by atoms with Gasteiger partial charge in [0.25, 0.3) is 0 Å². The average Bonchev–Trinajstić information content (AvgIpc) is 2.37. The average molecular weight is 233 g/mol. The van der Waals surface area contributed by atoms with Gasteiger partial charge in [-0.2, -0.15) is 0 Å². The second kappa shape index (κ2) is 6.09. The molecule has 0 radical (unpaired) electrons. The molecule has 0 N–H and O–H groups in total. The summed E-state index contributed by atoms with van der Waals surface area (Å²) in [6.07, 6.45) is 6.33. The van der Waals surface area contributed by atoms with Gasteiger partial charge >= 0.3 is 0 Å². The van der Waals surface area contributed by atoms with E-state index >= 15 is 0 Å². The number of ether oxygens (including phenoxy) is 2. The summed E-state index contributed by atoms with van der Waals surface area (Å²) in [5, 5.41) is 0. The summed E-state index contributed by atoms with van der Waals surface area (Å²) < 4.78 is 10.6. The van der Waals surface area contributed by atoms with Gasteiger partial charge in [-0.3, -0.25) is 4.99 Å². The van der Waals surface area contributed by atoms with Gasteiger partial charge in [0.1, 0.15) is 0 Å². The van der Waals surface area contributed by atoms with Crippen molar-refractivity contribution < 1.29 is 9.47 Å². The predicted molar refractivity (Wildman–Crippen MR) is 70.8 cm³/mol. The first-order chi connectivity index (χ1) is 8.17. The number of allylic oxidation sites excluding steroid dienone is 4. The Hall–Kier alpha value is -1.77. The van der Waals surface area contributed by atoms with Crippen molar-refractivity contribution >= 4 is 5.71 Å². The van der Waals surface area contributed by atoms with E-state index in [4.69, 9.17) is 9.47 Å². The highest BCUT2D eigenvalue weighted by atomic mass is 16.5. The number of hydrogen-bond acceptors (Lipinski definition) is 3. The first kappa shape index (κ1) is 13.3. The summed E-state index contributed by atoms with van der Waals surface area (Å²) in [6, 6.07) is 0. The van der Waals surface area contributed by atoms with Gasteiger partial charge in [0.05, 0.1) is 19.9 Å². The lowest BCUT2D eigenvalue weighted by molar-refractivity contribution is 0.220. The van der Waals surface area contributed by atoms with Crippen LogP contribution in [0.3, 0.4) is 0 Å². The molecule has 0 saturated carbocycles. The van der Waals surface area contributed by atoms with E-state index in [1.165, 1.54) is 11.8 Å². The van der Waals surface area contributed by atoms with Crippen LogP contribution in [-0.4, -0.2) is 19.9 Å². The summed E-state index contributed by atoms with van der Waals surface area (Å²) in [6.45, 7) is 7.83. The number of methoxy groups -OCH3 is 2. The molecular weight excluding hydrogens is 214 g/mol. The van der Waals surface area contributed by atoms with E-state index in [-0.39, 0.29) is 0 Å². The van der Waals surface area contributed by atoms with Gasteiger partial charge in [0.15, 0.2) is 11.5 Å². The summed E-state index contributed by atoms with van der Waals surface area (Å²) in [5.41, 5.74) is 3.19. The van der Waals surface area contributed by atoms with Crippen molar-refractivity contribution in [2.45, 2.75) is 20.3 Å². The second-order valence-electron chi connectivity index (χ2n) is 3.67. The van der Waals surface area contributed by atoms with Crippen LogP contribution in [0.25, 0.3) is 0 Å². The molecule has 1 rings (SSSR count). The molecule has 0 bridgehead atoms. The molecule has 1 aliphatic rings. The quantitative estimate of drug-likeness (QED) is 0.745. The fraction of sp³-hybridized carbons (Fsp3) is 0.357. The number of aliphatic imine (C=N–C) groups is 1. The molecular formula is C14H19NO2. The first-order valence-corrected chi connectivity index (χ1v) is 5.58. The molecule has 0 aromatic carbocycles. The lowest BCUT2D eigenvalue weighted by Gasteiger charge is -2.18. The SMILES string of the molecule is C=CN=C1C=C(OC)C(OC)=C/C1=C(/C)CC. The van der Waals surface area contributed by atoms with Crippen LogP contribution in [0.1, 0.15) is 20.3 Å². The molecule has 3 heteroatoms. The zero-order valence-electron chi connectivity index (χ0n) is 10.9. The van der Waals surface area contributed by atoms with Crippen LogP contribution in [0.15, 0.2) is 52.6 Å². The highest BCUT2D eigenvalue weighted by molar-refractivity contribution is 6.12. The van der Waals surface area contributed by atoms with Gasteiger partial charge in [-0.15, -0.1) is 0 Å². The number of hydrogen-bond donors (Lipinski definition) is 0. The summed E-state index contributed by atoms with van der Waals surface area (Å²) >= 11 is 0. The minimum absolute atomic E-state index is 0.681. The molecule has 0 aliphatic heterocycles. The molecule has 0 aromatic rings. The molecule has 0 unspecified atom stereocenters. The fourth-order valence-electron chi connectivity index (χ4n) is 1.61. The molecule has 0 atom stereocenters. The Bertz CT molecular complexity index is 424. The van der Waals surface area contributed by atoms with E-state index in [2.05, 4.69) is 25.4 Å². The summed E-state index contributed by atoms with van der Waals surface area (Å²) in [4.78, 5) is 4.27. The highest BCUT2D eigenvalue weighted by Crippen LogP contribution is 2.25. The van der Waals surface area contributed by atoms with Crippen molar-refractivity contribution in [1.82, 2.24) is 0 Å². The third-order valence-corrected chi connectivity index (χ3v) is 2.72. The third-order valence-electron chi connectivity index (χ3n) is 2.72. The van der Waals surface area contributed by atoms with E-state index in [9.17, 15) is 0 Å². The van der Waals surface area contributed by atoms with E-state index in [1.54, 1.807) is 14.2 Å². The van der Waals surface area contributed by atoms with E-state index < -0.39 is 0 Å². The molecule has 17 heavy (non-hydrogen) atoms. The summed E-state index contributed by atoms with van der Waals surface area (Å²) in [5.74, 6) is 1.40. The molecule has 0 aromatic heterocycles. The molecule has 92 valence electrons. The van der Waals surface area contributed by atoms with Crippen LogP contribution in [0.2, 0.25) is 0 Å². The predicted octanol–water partition coefficient (Wildman–Crippen LogP) is 3.37.